The van der Waals surface area contributed by atoms with E-state index in [0.29, 0.717) is 0 Å². The molecular weight excluding hydrogens is 306 g/mol. The summed E-state index contributed by atoms with van der Waals surface area (Å²) >= 11 is 0. The maximum atomic E-state index is 12.5. The number of methoxy groups -OCH3 is 1. The molecule has 0 saturated heterocycles. The first-order valence-electron chi connectivity index (χ1n) is 8.02. The van der Waals surface area contributed by atoms with Gasteiger partial charge in [0.25, 0.3) is 11.5 Å². The number of unbranched alkanes of at least 4 members (excludes halogenated alkanes) is 1. The summed E-state index contributed by atoms with van der Waals surface area (Å²) in [6, 6.07) is 7.43. The van der Waals surface area contributed by atoms with Crippen molar-refractivity contribution >= 4 is 5.91 Å². The summed E-state index contributed by atoms with van der Waals surface area (Å²) in [6.07, 6.45) is 5.49. The lowest BCUT2D eigenvalue weighted by molar-refractivity contribution is 0.0931. The molecule has 0 radical (unpaired) electrons. The van der Waals surface area contributed by atoms with Gasteiger partial charge in [-0.2, -0.15) is 0 Å². The Morgan fingerprint density at radius 2 is 2.04 bits per heavy atom. The van der Waals surface area contributed by atoms with Gasteiger partial charge in [0.1, 0.15) is 11.3 Å². The van der Waals surface area contributed by atoms with Crippen molar-refractivity contribution < 1.29 is 9.53 Å². The second-order valence-electron chi connectivity index (χ2n) is 5.66. The van der Waals surface area contributed by atoms with Crippen LogP contribution in [0.5, 0.6) is 5.75 Å². The Hall–Kier alpha value is -2.63. The Morgan fingerprint density at radius 3 is 2.67 bits per heavy atom. The van der Waals surface area contributed by atoms with Gasteiger partial charge in [0.15, 0.2) is 0 Å². The van der Waals surface area contributed by atoms with E-state index in [9.17, 15) is 9.59 Å². The average molecular weight is 329 g/mol. The molecule has 24 heavy (non-hydrogen) atoms. The predicted octanol–water partition coefficient (Wildman–Crippen LogP) is 2.45. The summed E-state index contributed by atoms with van der Waals surface area (Å²) in [5, 5.41) is 2.96. The Kier molecular flexibility index (Phi) is 6.12. The van der Waals surface area contributed by atoms with E-state index in [-0.39, 0.29) is 17.2 Å². The van der Waals surface area contributed by atoms with Gasteiger partial charge >= 0.3 is 0 Å². The Bertz CT molecular complexity index is 738. The lowest BCUT2D eigenvalue weighted by Gasteiger charge is -2.19. The van der Waals surface area contributed by atoms with E-state index in [4.69, 9.17) is 4.74 Å². The molecule has 0 aliphatic rings. The second kappa shape index (κ2) is 8.29. The highest BCUT2D eigenvalue weighted by molar-refractivity contribution is 5.93. The minimum atomic E-state index is -0.402. The number of carbonyl (C=O) groups is 1. The first kappa shape index (κ1) is 17.7. The number of rotatable bonds is 7. The smallest absolute Gasteiger partial charge is 0.265 e. The first-order chi connectivity index (χ1) is 11.6. The van der Waals surface area contributed by atoms with Crippen LogP contribution in [-0.4, -0.2) is 22.6 Å². The summed E-state index contributed by atoms with van der Waals surface area (Å²) < 4.78 is 6.46. The van der Waals surface area contributed by atoms with Gasteiger partial charge in [-0.3, -0.25) is 9.59 Å². The molecule has 0 spiro atoms. The topological polar surface area (TPSA) is 73.2 Å². The highest BCUT2D eigenvalue weighted by Crippen LogP contribution is 2.22. The van der Waals surface area contributed by atoms with E-state index in [1.165, 1.54) is 17.1 Å². The van der Waals surface area contributed by atoms with E-state index in [0.717, 1.165) is 30.6 Å². The van der Waals surface area contributed by atoms with E-state index in [1.54, 1.807) is 14.2 Å². The van der Waals surface area contributed by atoms with Gasteiger partial charge < -0.3 is 14.6 Å². The van der Waals surface area contributed by atoms with Crippen LogP contribution in [0.25, 0.3) is 0 Å². The van der Waals surface area contributed by atoms with Gasteiger partial charge in [0.05, 0.1) is 19.5 Å². The average Bonchev–Trinajstić information content (AvgIpc) is 2.61. The molecule has 0 aliphatic carbocycles. The molecule has 6 heteroatoms. The highest BCUT2D eigenvalue weighted by atomic mass is 16.5. The van der Waals surface area contributed by atoms with Crippen molar-refractivity contribution in [1.82, 2.24) is 14.9 Å². The zero-order chi connectivity index (χ0) is 17.5. The highest BCUT2D eigenvalue weighted by Gasteiger charge is 2.18. The predicted molar refractivity (Wildman–Crippen MR) is 92.2 cm³/mol. The zero-order valence-corrected chi connectivity index (χ0v) is 14.3. The van der Waals surface area contributed by atoms with Gasteiger partial charge in [-0.1, -0.05) is 31.9 Å². The number of aromatic nitrogens is 2. The van der Waals surface area contributed by atoms with Crippen LogP contribution < -0.4 is 15.6 Å². The maximum absolute atomic E-state index is 12.5. The normalized spacial score (nSPS) is 11.8. The van der Waals surface area contributed by atoms with Crippen molar-refractivity contribution in [3.05, 3.63) is 58.3 Å². The van der Waals surface area contributed by atoms with Gasteiger partial charge in [-0.25, -0.2) is 4.98 Å². The van der Waals surface area contributed by atoms with Crippen molar-refractivity contribution in [2.24, 2.45) is 7.05 Å². The molecule has 1 heterocycles. The van der Waals surface area contributed by atoms with Crippen LogP contribution in [-0.2, 0) is 7.05 Å². The molecule has 2 aromatic rings. The number of nitrogens with zero attached hydrogens (tertiary/aromatic N) is 2. The summed E-state index contributed by atoms with van der Waals surface area (Å²) in [7, 11) is 3.19. The third-order valence-corrected chi connectivity index (χ3v) is 3.91. The van der Waals surface area contributed by atoms with Crippen LogP contribution in [0, 0.1) is 0 Å². The molecule has 1 N–H and O–H groups in total. The SMILES string of the molecule is CCCCC(NC(=O)c1cncn(C)c1=O)c1ccc(OC)cc1. The molecule has 1 aromatic carbocycles. The van der Waals surface area contributed by atoms with Gasteiger partial charge in [0.2, 0.25) is 0 Å². The summed E-state index contributed by atoms with van der Waals surface area (Å²) in [5.74, 6) is 0.362. The largest absolute Gasteiger partial charge is 0.497 e. The molecule has 128 valence electrons. The molecule has 1 amide bonds. The second-order valence-corrected chi connectivity index (χ2v) is 5.66. The van der Waals surface area contributed by atoms with Crippen molar-refractivity contribution in [2.45, 2.75) is 32.2 Å². The van der Waals surface area contributed by atoms with Gasteiger partial charge in [-0.05, 0) is 24.1 Å². The van der Waals surface area contributed by atoms with Gasteiger partial charge in [-0.15, -0.1) is 0 Å². The lowest BCUT2D eigenvalue weighted by Crippen LogP contribution is -2.34. The molecule has 1 unspecified atom stereocenters. The fraction of sp³-hybridized carbons (Fsp3) is 0.389. The van der Waals surface area contributed by atoms with Crippen LogP contribution in [0.4, 0.5) is 0 Å². The first-order valence-corrected chi connectivity index (χ1v) is 8.02. The van der Waals surface area contributed by atoms with Gasteiger partial charge in [0, 0.05) is 13.2 Å². The van der Waals surface area contributed by atoms with Crippen LogP contribution in [0.1, 0.15) is 48.1 Å². The van der Waals surface area contributed by atoms with Crippen LogP contribution in [0.15, 0.2) is 41.6 Å². The van der Waals surface area contributed by atoms with Crippen molar-refractivity contribution in [2.75, 3.05) is 7.11 Å². The van der Waals surface area contributed by atoms with E-state index >= 15 is 0 Å². The van der Waals surface area contributed by atoms with Crippen LogP contribution in [0.2, 0.25) is 0 Å². The quantitative estimate of drug-likeness (QED) is 0.847. The number of amides is 1. The Balaban J connectivity index is 2.22. The van der Waals surface area contributed by atoms with Crippen LogP contribution in [0.3, 0.4) is 0 Å². The standard InChI is InChI=1S/C18H23N3O3/c1-4-5-6-16(13-7-9-14(24-3)10-8-13)20-17(22)15-11-19-12-21(2)18(15)23/h7-12,16H,4-6H2,1-3H3,(H,20,22). The van der Waals surface area contributed by atoms with Crippen LogP contribution >= 0.6 is 0 Å². The number of hydrogen-bond donors (Lipinski definition) is 1. The number of carbonyl (C=O) groups excluding carboxylic acids is 1. The fourth-order valence-electron chi connectivity index (χ4n) is 2.46. The summed E-state index contributed by atoms with van der Waals surface area (Å²) in [5.41, 5.74) is 0.680. The number of benzene rings is 1. The number of nitrogens with one attached hydrogen (secondary N) is 1. The Labute approximate surface area is 141 Å². The molecule has 2 rings (SSSR count). The zero-order valence-electron chi connectivity index (χ0n) is 14.3. The number of ether oxygens (including phenoxy) is 1. The van der Waals surface area contributed by atoms with Crippen molar-refractivity contribution in [1.29, 1.82) is 0 Å². The summed E-state index contributed by atoms with van der Waals surface area (Å²) in [4.78, 5) is 28.5. The third-order valence-electron chi connectivity index (χ3n) is 3.91. The summed E-state index contributed by atoms with van der Waals surface area (Å²) in [6.45, 7) is 2.10. The third kappa shape index (κ3) is 4.22. The Morgan fingerprint density at radius 1 is 1.33 bits per heavy atom. The van der Waals surface area contributed by atoms with Crippen molar-refractivity contribution in [3.63, 3.8) is 0 Å². The molecule has 0 saturated carbocycles. The minimum absolute atomic E-state index is 0.0509. The molecule has 1 aromatic heterocycles. The van der Waals surface area contributed by atoms with E-state index in [1.807, 2.05) is 24.3 Å². The van der Waals surface area contributed by atoms with Crippen molar-refractivity contribution in [3.8, 4) is 5.75 Å². The molecular formula is C18H23N3O3. The number of hydrogen-bond acceptors (Lipinski definition) is 4. The molecule has 0 fully saturated rings. The van der Waals surface area contributed by atoms with E-state index in [2.05, 4.69) is 17.2 Å². The van der Waals surface area contributed by atoms with E-state index < -0.39 is 5.91 Å². The monoisotopic (exact) mass is 329 g/mol. The molecule has 6 nitrogen and oxygen atoms in total. The molecule has 1 atom stereocenters. The molecule has 0 bridgehead atoms. The minimum Gasteiger partial charge on any atom is -0.497 e. The maximum Gasteiger partial charge on any atom is 0.265 e. The fourth-order valence-corrected chi connectivity index (χ4v) is 2.46. The number of aryl methyl sites for hydroxylation is 1. The lowest BCUT2D eigenvalue weighted by atomic mass is 10.0. The molecule has 0 aliphatic heterocycles.